The molecule has 4 N–H and O–H groups in total. The summed E-state index contributed by atoms with van der Waals surface area (Å²) in [6.45, 7) is 13.5. The molecule has 3 aromatic carbocycles. The van der Waals surface area contributed by atoms with Crippen LogP contribution in [-0.4, -0.2) is 148 Å². The van der Waals surface area contributed by atoms with E-state index in [0.29, 0.717) is 95.3 Å². The minimum Gasteiger partial charge on any atom is -0.489 e. The number of hydrogen-bond acceptors (Lipinski definition) is 17. The number of aryl methyl sites for hydroxylation is 1. The van der Waals surface area contributed by atoms with Crippen molar-refractivity contribution in [3.63, 3.8) is 0 Å². The molecule has 7 rings (SSSR count). The largest absolute Gasteiger partial charge is 0.489 e. The van der Waals surface area contributed by atoms with E-state index in [1.165, 1.54) is 6.20 Å². The Kier molecular flexibility index (Phi) is 19.4. The van der Waals surface area contributed by atoms with Crippen LogP contribution in [0.2, 0.25) is 5.02 Å². The molecule has 2 fully saturated rings. The maximum atomic E-state index is 13.3. The first kappa shape index (κ1) is 55.5. The van der Waals surface area contributed by atoms with Crippen LogP contribution in [0, 0.1) is 6.92 Å². The lowest BCUT2D eigenvalue weighted by atomic mass is 9.86. The predicted molar refractivity (Wildman–Crippen MR) is 277 cm³/mol. The van der Waals surface area contributed by atoms with Gasteiger partial charge in [-0.15, -0.1) is 0 Å². The van der Waals surface area contributed by atoms with E-state index >= 15 is 0 Å². The third-order valence-electron chi connectivity index (χ3n) is 12.7. The normalized spacial score (nSPS) is 16.2. The lowest BCUT2D eigenvalue weighted by Gasteiger charge is -2.33. The Morgan fingerprint density at radius 1 is 0.811 bits per heavy atom. The van der Waals surface area contributed by atoms with Crippen LogP contribution in [0.5, 0.6) is 5.75 Å². The highest BCUT2D eigenvalue weighted by Gasteiger charge is 2.45. The van der Waals surface area contributed by atoms with Crippen LogP contribution in [0.1, 0.15) is 97.6 Å². The first-order valence-corrected chi connectivity index (χ1v) is 26.8. The minimum absolute atomic E-state index is 0.0475. The fourth-order valence-corrected chi connectivity index (χ4v) is 10.2. The molecule has 20 nitrogen and oxygen atoms in total. The zero-order chi connectivity index (χ0) is 52.9. The fourth-order valence-electron chi connectivity index (χ4n) is 8.87. The number of amides is 5. The highest BCUT2D eigenvalue weighted by Crippen LogP contribution is 2.39. The lowest BCUT2D eigenvalue weighted by Crippen LogP contribution is -2.54. The molecule has 0 aliphatic carbocycles. The summed E-state index contributed by atoms with van der Waals surface area (Å²) in [5.41, 5.74) is 4.05. The fraction of sp³-hybridized carbons (Fsp3) is 0.481. The van der Waals surface area contributed by atoms with E-state index in [1.54, 1.807) is 56.3 Å². The van der Waals surface area contributed by atoms with Crippen LogP contribution < -0.4 is 26.0 Å². The van der Waals surface area contributed by atoms with Gasteiger partial charge in [-0.1, -0.05) is 29.8 Å². The SMILES string of the molecule is Cc1cc(Nc2ncc(Cl)c(Nc3ccccc3S(=O)(=O)C(C)C)n2)c(OC(C)C)cc1C1CCN(C(=O)CCOCCOCCOCCOCCNc2cccc3c2C(=O)N(C2CCC(=O)NC2=O)C3=O)CC1. The van der Waals surface area contributed by atoms with Crippen molar-refractivity contribution in [2.24, 2.45) is 0 Å². The molecule has 74 heavy (non-hydrogen) atoms. The second-order valence-electron chi connectivity index (χ2n) is 18.6. The molecule has 22 heteroatoms. The number of para-hydroxylation sites is 1. The van der Waals surface area contributed by atoms with Gasteiger partial charge in [0.15, 0.2) is 15.7 Å². The molecule has 4 aromatic rings. The van der Waals surface area contributed by atoms with Gasteiger partial charge in [0.2, 0.25) is 23.7 Å². The number of aromatic nitrogens is 2. The van der Waals surface area contributed by atoms with Crippen molar-refractivity contribution in [1.29, 1.82) is 0 Å². The van der Waals surface area contributed by atoms with E-state index in [1.807, 2.05) is 31.7 Å². The van der Waals surface area contributed by atoms with Gasteiger partial charge in [0, 0.05) is 31.7 Å². The smallest absolute Gasteiger partial charge is 0.264 e. The van der Waals surface area contributed by atoms with Gasteiger partial charge in [0.05, 0.1) is 104 Å². The quantitative estimate of drug-likeness (QED) is 0.0384. The molecule has 2 saturated heterocycles. The Balaban J connectivity index is 0.759. The molecule has 398 valence electrons. The van der Waals surface area contributed by atoms with Gasteiger partial charge in [0.1, 0.15) is 16.8 Å². The summed E-state index contributed by atoms with van der Waals surface area (Å²) >= 11 is 6.50. The topological polar surface area (TPSA) is 246 Å². The number of halogens is 1. The maximum Gasteiger partial charge on any atom is 0.264 e. The van der Waals surface area contributed by atoms with E-state index in [2.05, 4.69) is 37.3 Å². The van der Waals surface area contributed by atoms with E-state index in [0.717, 1.165) is 28.9 Å². The lowest BCUT2D eigenvalue weighted by molar-refractivity contribution is -0.136. The Labute approximate surface area is 436 Å². The number of carbonyl (C=O) groups is 5. The summed E-state index contributed by atoms with van der Waals surface area (Å²) in [5.74, 6) is -0.863. The molecular weight excluding hydrogens is 996 g/mol. The van der Waals surface area contributed by atoms with Gasteiger partial charge in [0.25, 0.3) is 11.8 Å². The predicted octanol–water partition coefficient (Wildman–Crippen LogP) is 6.57. The minimum atomic E-state index is -3.60. The summed E-state index contributed by atoms with van der Waals surface area (Å²) in [6, 6.07) is 14.5. The average molecular weight is 1060 g/mol. The van der Waals surface area contributed by atoms with Crippen molar-refractivity contribution in [3.8, 4) is 5.75 Å². The number of sulfone groups is 1. The standard InChI is InChI=1S/C52H65ClN8O12S/c1-32(2)73-43-30-37(34(5)29-41(43)57-52-55-31-38(53)48(59-52)56-39-10-6-7-12-44(39)74(67,68)33(3)4)35-15-19-60(20-16-35)46(63)17-21-69-23-25-71-27-28-72-26-24-70-22-18-54-40-11-8-9-36-47(40)51(66)61(50(36)65)42-13-14-45(62)58-49(42)64/h6-12,29-33,35,42,54H,13-28H2,1-5H3,(H,58,62,64)(H2,55,56,57,59). The molecule has 0 bridgehead atoms. The number of hydrogen-bond donors (Lipinski definition) is 4. The van der Waals surface area contributed by atoms with E-state index in [-0.39, 0.29) is 70.0 Å². The van der Waals surface area contributed by atoms with Crippen molar-refractivity contribution < 1.29 is 56.1 Å². The zero-order valence-corrected chi connectivity index (χ0v) is 43.9. The molecular formula is C52H65ClN8O12S. The average Bonchev–Trinajstić information content (AvgIpc) is 3.62. The van der Waals surface area contributed by atoms with Gasteiger partial charge < -0.3 is 44.5 Å². The van der Waals surface area contributed by atoms with Gasteiger partial charge in [-0.3, -0.25) is 34.2 Å². The van der Waals surface area contributed by atoms with Gasteiger partial charge in [-0.2, -0.15) is 4.98 Å². The van der Waals surface area contributed by atoms with Gasteiger partial charge in [-0.25, -0.2) is 13.4 Å². The highest BCUT2D eigenvalue weighted by atomic mass is 35.5. The number of rotatable bonds is 26. The summed E-state index contributed by atoms with van der Waals surface area (Å²) < 4.78 is 55.0. The second-order valence-corrected chi connectivity index (χ2v) is 21.4. The molecule has 4 heterocycles. The van der Waals surface area contributed by atoms with Gasteiger partial charge >= 0.3 is 0 Å². The molecule has 0 radical (unpaired) electrons. The summed E-state index contributed by atoms with van der Waals surface area (Å²) in [6.07, 6.45) is 3.32. The van der Waals surface area contributed by atoms with Crippen molar-refractivity contribution >= 4 is 79.8 Å². The van der Waals surface area contributed by atoms with Crippen LogP contribution >= 0.6 is 11.6 Å². The molecule has 1 atom stereocenters. The first-order valence-electron chi connectivity index (χ1n) is 24.9. The monoisotopic (exact) mass is 1060 g/mol. The van der Waals surface area contributed by atoms with E-state index in [9.17, 15) is 32.4 Å². The summed E-state index contributed by atoms with van der Waals surface area (Å²) in [4.78, 5) is 75.4. The molecule has 3 aliphatic heterocycles. The van der Waals surface area contributed by atoms with Crippen molar-refractivity contribution in [2.75, 3.05) is 88.4 Å². The second kappa shape index (κ2) is 25.8. The summed E-state index contributed by atoms with van der Waals surface area (Å²) in [7, 11) is -3.60. The van der Waals surface area contributed by atoms with E-state index in [4.69, 9.17) is 35.3 Å². The Morgan fingerprint density at radius 3 is 2.15 bits per heavy atom. The number of nitrogens with one attached hydrogen (secondary N) is 4. The van der Waals surface area contributed by atoms with Gasteiger partial charge in [-0.05, 0) is 107 Å². The number of benzene rings is 3. The van der Waals surface area contributed by atoms with Crippen molar-refractivity contribution in [2.45, 2.75) is 94.9 Å². The number of nitrogens with zero attached hydrogens (tertiary/aromatic N) is 4. The van der Waals surface area contributed by atoms with Crippen LogP contribution in [0.4, 0.5) is 28.8 Å². The Bertz CT molecular complexity index is 2790. The molecule has 1 aromatic heterocycles. The Morgan fingerprint density at radius 2 is 1.47 bits per heavy atom. The molecule has 3 aliphatic rings. The third kappa shape index (κ3) is 13.9. The van der Waals surface area contributed by atoms with Crippen LogP contribution in [0.3, 0.4) is 0 Å². The molecule has 5 amide bonds. The van der Waals surface area contributed by atoms with Crippen LogP contribution in [0.25, 0.3) is 0 Å². The summed E-state index contributed by atoms with van der Waals surface area (Å²) in [5, 5.41) is 11.3. The third-order valence-corrected chi connectivity index (χ3v) is 15.2. The number of fused-ring (bicyclic) bond motifs is 1. The molecule has 1 unspecified atom stereocenters. The van der Waals surface area contributed by atoms with Crippen LogP contribution in [-0.2, 0) is 43.2 Å². The highest BCUT2D eigenvalue weighted by molar-refractivity contribution is 7.92. The van der Waals surface area contributed by atoms with E-state index < -0.39 is 44.8 Å². The van der Waals surface area contributed by atoms with Crippen molar-refractivity contribution in [1.82, 2.24) is 25.1 Å². The number of carbonyl (C=O) groups excluding carboxylic acids is 5. The Hall–Kier alpha value is -6.23. The van der Waals surface area contributed by atoms with Crippen LogP contribution in [0.15, 0.2) is 65.7 Å². The first-order chi connectivity index (χ1) is 35.5. The number of ether oxygens (including phenoxy) is 5. The molecule has 0 spiro atoms. The number of anilines is 5. The molecule has 0 saturated carbocycles. The zero-order valence-electron chi connectivity index (χ0n) is 42.4. The number of imide groups is 2. The maximum absolute atomic E-state index is 13.3. The number of piperidine rings is 2. The van der Waals surface area contributed by atoms with Crippen molar-refractivity contribution in [3.05, 3.63) is 88.1 Å². The number of likely N-dealkylation sites (tertiary alicyclic amines) is 1.